The standard InChI is InChI=1S/C15H18N4O3/c1-2-19-10-12(9-17-19)18-15(20)16-8-11-3-4-13-14(7-11)22-6-5-21-13/h3-4,7,9-10H,2,5-6,8H2,1H3,(H2,16,18,20). The van der Waals surface area contributed by atoms with Crippen molar-refractivity contribution in [2.45, 2.75) is 20.0 Å². The number of carbonyl (C=O) groups is 1. The molecular weight excluding hydrogens is 284 g/mol. The van der Waals surface area contributed by atoms with E-state index in [4.69, 9.17) is 9.47 Å². The second kappa shape index (κ2) is 6.38. The smallest absolute Gasteiger partial charge is 0.319 e. The van der Waals surface area contributed by atoms with Crippen LogP contribution in [-0.2, 0) is 13.1 Å². The van der Waals surface area contributed by atoms with E-state index < -0.39 is 0 Å². The van der Waals surface area contributed by atoms with Crippen molar-refractivity contribution in [3.8, 4) is 11.5 Å². The van der Waals surface area contributed by atoms with E-state index in [1.54, 1.807) is 17.1 Å². The average Bonchev–Trinajstić information content (AvgIpc) is 3.00. The molecular formula is C15H18N4O3. The number of amides is 2. The monoisotopic (exact) mass is 302 g/mol. The van der Waals surface area contributed by atoms with E-state index in [9.17, 15) is 4.79 Å². The molecule has 2 amide bonds. The van der Waals surface area contributed by atoms with Gasteiger partial charge in [-0.2, -0.15) is 5.10 Å². The molecule has 3 rings (SSSR count). The highest BCUT2D eigenvalue weighted by molar-refractivity contribution is 5.88. The van der Waals surface area contributed by atoms with Gasteiger partial charge in [-0.15, -0.1) is 0 Å². The molecule has 2 N–H and O–H groups in total. The molecule has 0 fully saturated rings. The fourth-order valence-electron chi connectivity index (χ4n) is 2.16. The summed E-state index contributed by atoms with van der Waals surface area (Å²) in [7, 11) is 0. The Morgan fingerprint density at radius 3 is 2.91 bits per heavy atom. The summed E-state index contributed by atoms with van der Waals surface area (Å²) in [5.41, 5.74) is 1.62. The highest BCUT2D eigenvalue weighted by Crippen LogP contribution is 2.30. The summed E-state index contributed by atoms with van der Waals surface area (Å²) in [5.74, 6) is 1.46. The first-order valence-corrected chi connectivity index (χ1v) is 7.20. The van der Waals surface area contributed by atoms with E-state index in [0.29, 0.717) is 25.4 Å². The van der Waals surface area contributed by atoms with Crippen molar-refractivity contribution in [3.63, 3.8) is 0 Å². The van der Waals surface area contributed by atoms with Gasteiger partial charge in [0, 0.05) is 19.3 Å². The Hall–Kier alpha value is -2.70. The summed E-state index contributed by atoms with van der Waals surface area (Å²) in [6.45, 7) is 4.27. The Morgan fingerprint density at radius 2 is 2.14 bits per heavy atom. The van der Waals surface area contributed by atoms with Crippen LogP contribution < -0.4 is 20.1 Å². The van der Waals surface area contributed by atoms with Crippen LogP contribution in [0.3, 0.4) is 0 Å². The molecule has 7 nitrogen and oxygen atoms in total. The minimum atomic E-state index is -0.273. The summed E-state index contributed by atoms with van der Waals surface area (Å²) in [4.78, 5) is 11.9. The molecule has 0 radical (unpaired) electrons. The molecule has 1 aliphatic heterocycles. The third-order valence-electron chi connectivity index (χ3n) is 3.27. The van der Waals surface area contributed by atoms with E-state index in [-0.39, 0.29) is 6.03 Å². The molecule has 0 bridgehead atoms. The van der Waals surface area contributed by atoms with Crippen molar-refractivity contribution in [1.82, 2.24) is 15.1 Å². The number of urea groups is 1. The van der Waals surface area contributed by atoms with Gasteiger partial charge in [-0.1, -0.05) is 6.07 Å². The van der Waals surface area contributed by atoms with Gasteiger partial charge < -0.3 is 20.1 Å². The molecule has 0 spiro atoms. The minimum absolute atomic E-state index is 0.273. The number of carbonyl (C=O) groups excluding carboxylic acids is 1. The summed E-state index contributed by atoms with van der Waals surface area (Å²) in [5, 5.41) is 9.64. The van der Waals surface area contributed by atoms with Gasteiger partial charge in [0.2, 0.25) is 0 Å². The molecule has 7 heteroatoms. The van der Waals surface area contributed by atoms with Gasteiger partial charge in [-0.25, -0.2) is 4.79 Å². The third-order valence-corrected chi connectivity index (χ3v) is 3.27. The molecule has 22 heavy (non-hydrogen) atoms. The Bertz CT molecular complexity index is 669. The highest BCUT2D eigenvalue weighted by atomic mass is 16.6. The Morgan fingerprint density at radius 1 is 1.32 bits per heavy atom. The zero-order valence-electron chi connectivity index (χ0n) is 12.3. The van der Waals surface area contributed by atoms with Gasteiger partial charge in [0.05, 0.1) is 11.9 Å². The molecule has 0 saturated heterocycles. The predicted molar refractivity (Wildman–Crippen MR) is 81.2 cm³/mol. The maximum atomic E-state index is 11.9. The van der Waals surface area contributed by atoms with Crippen LogP contribution in [0.2, 0.25) is 0 Å². The number of ether oxygens (including phenoxy) is 2. The Kier molecular flexibility index (Phi) is 4.13. The maximum Gasteiger partial charge on any atom is 0.319 e. The lowest BCUT2D eigenvalue weighted by Gasteiger charge is -2.19. The number of nitrogens with one attached hydrogen (secondary N) is 2. The van der Waals surface area contributed by atoms with Crippen LogP contribution in [0.4, 0.5) is 10.5 Å². The van der Waals surface area contributed by atoms with E-state index in [0.717, 1.165) is 23.6 Å². The van der Waals surface area contributed by atoms with Crippen molar-refractivity contribution in [1.29, 1.82) is 0 Å². The first-order chi connectivity index (χ1) is 10.7. The number of anilines is 1. The molecule has 2 aromatic rings. The van der Waals surface area contributed by atoms with Crippen LogP contribution in [0.1, 0.15) is 12.5 Å². The number of hydrogen-bond acceptors (Lipinski definition) is 4. The van der Waals surface area contributed by atoms with Crippen molar-refractivity contribution in [2.75, 3.05) is 18.5 Å². The van der Waals surface area contributed by atoms with E-state index in [1.165, 1.54) is 0 Å². The van der Waals surface area contributed by atoms with Gasteiger partial charge in [0.1, 0.15) is 13.2 Å². The van der Waals surface area contributed by atoms with Crippen LogP contribution in [0.5, 0.6) is 11.5 Å². The molecule has 1 aliphatic rings. The van der Waals surface area contributed by atoms with E-state index >= 15 is 0 Å². The fraction of sp³-hybridized carbons (Fsp3) is 0.333. The number of aromatic nitrogens is 2. The van der Waals surface area contributed by atoms with Crippen LogP contribution in [0.15, 0.2) is 30.6 Å². The van der Waals surface area contributed by atoms with Crippen molar-refractivity contribution in [3.05, 3.63) is 36.2 Å². The van der Waals surface area contributed by atoms with Crippen LogP contribution >= 0.6 is 0 Å². The van der Waals surface area contributed by atoms with Gasteiger partial charge in [-0.05, 0) is 24.6 Å². The second-order valence-corrected chi connectivity index (χ2v) is 4.87. The zero-order valence-corrected chi connectivity index (χ0v) is 12.3. The Balaban J connectivity index is 1.54. The number of fused-ring (bicyclic) bond motifs is 1. The van der Waals surface area contributed by atoms with Gasteiger partial charge in [0.15, 0.2) is 11.5 Å². The quantitative estimate of drug-likeness (QED) is 0.905. The average molecular weight is 302 g/mol. The molecule has 0 unspecified atom stereocenters. The molecule has 116 valence electrons. The number of hydrogen-bond donors (Lipinski definition) is 2. The zero-order chi connectivity index (χ0) is 15.4. The van der Waals surface area contributed by atoms with Crippen molar-refractivity contribution >= 4 is 11.7 Å². The van der Waals surface area contributed by atoms with Crippen LogP contribution in [0, 0.1) is 0 Å². The normalized spacial score (nSPS) is 12.8. The molecule has 1 aromatic heterocycles. The van der Waals surface area contributed by atoms with Gasteiger partial charge in [-0.3, -0.25) is 4.68 Å². The number of rotatable bonds is 4. The maximum absolute atomic E-state index is 11.9. The van der Waals surface area contributed by atoms with Crippen molar-refractivity contribution in [2.24, 2.45) is 0 Å². The summed E-state index contributed by atoms with van der Waals surface area (Å²) in [6.07, 6.45) is 3.40. The fourth-order valence-corrected chi connectivity index (χ4v) is 2.16. The van der Waals surface area contributed by atoms with Crippen LogP contribution in [0.25, 0.3) is 0 Å². The number of aryl methyl sites for hydroxylation is 1. The largest absolute Gasteiger partial charge is 0.486 e. The minimum Gasteiger partial charge on any atom is -0.486 e. The molecule has 0 atom stereocenters. The number of benzene rings is 1. The number of nitrogens with zero attached hydrogens (tertiary/aromatic N) is 2. The summed E-state index contributed by atoms with van der Waals surface area (Å²) < 4.78 is 12.7. The highest BCUT2D eigenvalue weighted by Gasteiger charge is 2.12. The topological polar surface area (TPSA) is 77.4 Å². The summed E-state index contributed by atoms with van der Waals surface area (Å²) >= 11 is 0. The van der Waals surface area contributed by atoms with Gasteiger partial charge in [0.25, 0.3) is 0 Å². The molecule has 0 saturated carbocycles. The lowest BCUT2D eigenvalue weighted by Crippen LogP contribution is -2.28. The lowest BCUT2D eigenvalue weighted by molar-refractivity contribution is 0.171. The van der Waals surface area contributed by atoms with E-state index in [2.05, 4.69) is 15.7 Å². The van der Waals surface area contributed by atoms with Gasteiger partial charge >= 0.3 is 6.03 Å². The SMILES string of the molecule is CCn1cc(NC(=O)NCc2ccc3c(c2)OCCO3)cn1. The van der Waals surface area contributed by atoms with Crippen LogP contribution in [-0.4, -0.2) is 29.0 Å². The molecule has 2 heterocycles. The second-order valence-electron chi connectivity index (χ2n) is 4.87. The Labute approximate surface area is 128 Å². The molecule has 0 aliphatic carbocycles. The lowest BCUT2D eigenvalue weighted by atomic mass is 10.2. The van der Waals surface area contributed by atoms with Crippen molar-refractivity contribution < 1.29 is 14.3 Å². The third kappa shape index (κ3) is 3.30. The molecule has 1 aromatic carbocycles. The van der Waals surface area contributed by atoms with E-state index in [1.807, 2.05) is 25.1 Å². The summed E-state index contributed by atoms with van der Waals surface area (Å²) in [6, 6.07) is 5.37. The predicted octanol–water partition coefficient (Wildman–Crippen LogP) is 2.00. The first kappa shape index (κ1) is 14.2. The first-order valence-electron chi connectivity index (χ1n) is 7.20.